The molecule has 1 unspecified atom stereocenters. The summed E-state index contributed by atoms with van der Waals surface area (Å²) in [5, 5.41) is 10.0. The van der Waals surface area contributed by atoms with Crippen LogP contribution >= 0.6 is 11.8 Å². The minimum Gasteiger partial charge on any atom is -0.396 e. The van der Waals surface area contributed by atoms with Crippen LogP contribution in [0.4, 0.5) is 0 Å². The van der Waals surface area contributed by atoms with Crippen LogP contribution in [0.25, 0.3) is 0 Å². The van der Waals surface area contributed by atoms with Gasteiger partial charge in [0.25, 0.3) is 0 Å². The summed E-state index contributed by atoms with van der Waals surface area (Å²) in [6.07, 6.45) is 2.82. The maximum atomic E-state index is 8.97. The molecule has 2 nitrogen and oxygen atoms in total. The Kier molecular flexibility index (Phi) is 4.86. The van der Waals surface area contributed by atoms with Crippen molar-refractivity contribution in [2.75, 3.05) is 12.4 Å². The van der Waals surface area contributed by atoms with Crippen LogP contribution in [-0.2, 0) is 0 Å². The molecule has 0 amide bonds. The Labute approximate surface area is 83.4 Å². The molecule has 1 rings (SSSR count). The molecule has 1 heterocycles. The number of pyridine rings is 1. The molecule has 0 saturated carbocycles. The number of hydrogen-bond donors (Lipinski definition) is 1. The van der Waals surface area contributed by atoms with E-state index in [1.54, 1.807) is 18.0 Å². The Balaban J connectivity index is 2.34. The fraction of sp³-hybridized carbons (Fsp3) is 0.500. The normalized spacial score (nSPS) is 12.8. The van der Waals surface area contributed by atoms with Crippen LogP contribution in [-0.4, -0.2) is 22.5 Å². The van der Waals surface area contributed by atoms with Gasteiger partial charge in [-0.25, -0.2) is 4.98 Å². The van der Waals surface area contributed by atoms with Gasteiger partial charge in [0, 0.05) is 18.6 Å². The van der Waals surface area contributed by atoms with Gasteiger partial charge in [-0.3, -0.25) is 0 Å². The second kappa shape index (κ2) is 6.00. The molecule has 1 aromatic rings. The third-order valence-electron chi connectivity index (χ3n) is 1.94. The highest BCUT2D eigenvalue weighted by Gasteiger charge is 2.05. The molecule has 0 spiro atoms. The van der Waals surface area contributed by atoms with Crippen LogP contribution in [0, 0.1) is 5.92 Å². The highest BCUT2D eigenvalue weighted by molar-refractivity contribution is 7.99. The summed E-state index contributed by atoms with van der Waals surface area (Å²) < 4.78 is 0. The van der Waals surface area contributed by atoms with Crippen molar-refractivity contribution in [3.63, 3.8) is 0 Å². The van der Waals surface area contributed by atoms with Gasteiger partial charge < -0.3 is 5.11 Å². The number of rotatable bonds is 5. The Morgan fingerprint density at radius 1 is 1.54 bits per heavy atom. The van der Waals surface area contributed by atoms with Crippen LogP contribution in [0.1, 0.15) is 13.3 Å². The fourth-order valence-corrected chi connectivity index (χ4v) is 1.99. The molecule has 3 heteroatoms. The van der Waals surface area contributed by atoms with Gasteiger partial charge in [0.05, 0.1) is 5.03 Å². The summed E-state index contributed by atoms with van der Waals surface area (Å²) in [6.45, 7) is 2.37. The van der Waals surface area contributed by atoms with Crippen molar-refractivity contribution in [2.24, 2.45) is 5.92 Å². The predicted octanol–water partition coefficient (Wildman–Crippen LogP) is 2.19. The smallest absolute Gasteiger partial charge is 0.0959 e. The summed E-state index contributed by atoms with van der Waals surface area (Å²) in [5.74, 6) is 1.34. The van der Waals surface area contributed by atoms with Crippen molar-refractivity contribution >= 4 is 11.8 Å². The average Bonchev–Trinajstić information content (AvgIpc) is 2.21. The molecule has 72 valence electrons. The van der Waals surface area contributed by atoms with Crippen molar-refractivity contribution < 1.29 is 5.11 Å². The molecule has 0 saturated heterocycles. The number of aliphatic hydroxyl groups is 1. The molecule has 0 fully saturated rings. The van der Waals surface area contributed by atoms with Crippen LogP contribution in [0.2, 0.25) is 0 Å². The van der Waals surface area contributed by atoms with E-state index in [9.17, 15) is 0 Å². The first-order valence-electron chi connectivity index (χ1n) is 4.51. The molecule has 1 atom stereocenters. The molecule has 0 aliphatic rings. The van der Waals surface area contributed by atoms with Gasteiger partial charge in [0.1, 0.15) is 0 Å². The minimum absolute atomic E-state index is 0.274. The molecule has 0 aliphatic carbocycles. The van der Waals surface area contributed by atoms with Crippen molar-refractivity contribution in [2.45, 2.75) is 18.4 Å². The highest BCUT2D eigenvalue weighted by atomic mass is 32.2. The monoisotopic (exact) mass is 197 g/mol. The predicted molar refractivity (Wildman–Crippen MR) is 55.8 cm³/mol. The lowest BCUT2D eigenvalue weighted by atomic mass is 10.1. The van der Waals surface area contributed by atoms with Gasteiger partial charge in [0.2, 0.25) is 0 Å². The standard InChI is InChI=1S/C10H15NOS/c1-2-9(7-12)8-13-10-5-3-4-6-11-10/h3-6,9,12H,2,7-8H2,1H3. The maximum absolute atomic E-state index is 8.97. The van der Waals surface area contributed by atoms with Crippen LogP contribution in [0.15, 0.2) is 29.4 Å². The Morgan fingerprint density at radius 2 is 2.38 bits per heavy atom. The lowest BCUT2D eigenvalue weighted by molar-refractivity contribution is 0.237. The van der Waals surface area contributed by atoms with Crippen molar-refractivity contribution in [3.8, 4) is 0 Å². The zero-order valence-electron chi connectivity index (χ0n) is 7.81. The van der Waals surface area contributed by atoms with E-state index >= 15 is 0 Å². The summed E-state index contributed by atoms with van der Waals surface area (Å²) >= 11 is 1.71. The Hall–Kier alpha value is -0.540. The zero-order chi connectivity index (χ0) is 9.52. The molecule has 0 bridgehead atoms. The summed E-state index contributed by atoms with van der Waals surface area (Å²) in [5.41, 5.74) is 0. The van der Waals surface area contributed by atoms with E-state index in [1.165, 1.54) is 0 Å². The average molecular weight is 197 g/mol. The van der Waals surface area contributed by atoms with E-state index in [2.05, 4.69) is 11.9 Å². The van der Waals surface area contributed by atoms with Gasteiger partial charge in [-0.1, -0.05) is 19.4 Å². The van der Waals surface area contributed by atoms with Gasteiger partial charge >= 0.3 is 0 Å². The first kappa shape index (κ1) is 10.5. The number of aromatic nitrogens is 1. The summed E-state index contributed by atoms with van der Waals surface area (Å²) in [7, 11) is 0. The number of nitrogens with zero attached hydrogens (tertiary/aromatic N) is 1. The van der Waals surface area contributed by atoms with Crippen molar-refractivity contribution in [3.05, 3.63) is 24.4 Å². The lowest BCUT2D eigenvalue weighted by Crippen LogP contribution is -2.07. The third-order valence-corrected chi connectivity index (χ3v) is 3.12. The highest BCUT2D eigenvalue weighted by Crippen LogP contribution is 2.18. The fourth-order valence-electron chi connectivity index (χ4n) is 0.935. The van der Waals surface area contributed by atoms with Crippen molar-refractivity contribution in [1.29, 1.82) is 0 Å². The quantitative estimate of drug-likeness (QED) is 0.734. The van der Waals surface area contributed by atoms with Gasteiger partial charge in [-0.2, -0.15) is 0 Å². The molecule has 1 N–H and O–H groups in total. The molecule has 13 heavy (non-hydrogen) atoms. The number of hydrogen-bond acceptors (Lipinski definition) is 3. The number of thioether (sulfide) groups is 1. The molecule has 1 aromatic heterocycles. The van der Waals surface area contributed by atoms with E-state index in [0.717, 1.165) is 17.2 Å². The first-order chi connectivity index (χ1) is 6.36. The van der Waals surface area contributed by atoms with Crippen LogP contribution < -0.4 is 0 Å². The van der Waals surface area contributed by atoms with Gasteiger partial charge in [-0.15, -0.1) is 11.8 Å². The topological polar surface area (TPSA) is 33.1 Å². The summed E-state index contributed by atoms with van der Waals surface area (Å²) in [4.78, 5) is 4.20. The Bertz CT molecular complexity index is 224. The Morgan fingerprint density at radius 3 is 2.92 bits per heavy atom. The van der Waals surface area contributed by atoms with Gasteiger partial charge in [-0.05, 0) is 18.1 Å². The summed E-state index contributed by atoms with van der Waals surface area (Å²) in [6, 6.07) is 5.89. The van der Waals surface area contributed by atoms with E-state index in [4.69, 9.17) is 5.11 Å². The molecule has 0 radical (unpaired) electrons. The van der Waals surface area contributed by atoms with E-state index < -0.39 is 0 Å². The van der Waals surface area contributed by atoms with Gasteiger partial charge in [0.15, 0.2) is 0 Å². The van der Waals surface area contributed by atoms with E-state index in [0.29, 0.717) is 5.92 Å². The zero-order valence-corrected chi connectivity index (χ0v) is 8.63. The number of aliphatic hydroxyl groups excluding tert-OH is 1. The van der Waals surface area contributed by atoms with E-state index in [-0.39, 0.29) is 6.61 Å². The van der Waals surface area contributed by atoms with Crippen LogP contribution in [0.3, 0.4) is 0 Å². The molecular formula is C10H15NOS. The maximum Gasteiger partial charge on any atom is 0.0959 e. The molecule has 0 aromatic carbocycles. The lowest BCUT2D eigenvalue weighted by Gasteiger charge is -2.09. The second-order valence-electron chi connectivity index (χ2n) is 2.94. The largest absolute Gasteiger partial charge is 0.396 e. The first-order valence-corrected chi connectivity index (χ1v) is 5.50. The second-order valence-corrected chi connectivity index (χ2v) is 3.98. The van der Waals surface area contributed by atoms with Crippen LogP contribution in [0.5, 0.6) is 0 Å². The third kappa shape index (κ3) is 3.79. The van der Waals surface area contributed by atoms with E-state index in [1.807, 2.05) is 18.2 Å². The minimum atomic E-state index is 0.274. The molecular weight excluding hydrogens is 182 g/mol. The van der Waals surface area contributed by atoms with Crippen molar-refractivity contribution in [1.82, 2.24) is 4.98 Å². The SMILES string of the molecule is CCC(CO)CSc1ccccn1. The molecule has 0 aliphatic heterocycles.